The summed E-state index contributed by atoms with van der Waals surface area (Å²) in [6.45, 7) is 13.7. The molecule has 166 valence electrons. The maximum atomic E-state index is 11.5. The molecule has 1 heterocycles. The number of ether oxygens (including phenoxy) is 2. The SMILES string of the molecule is CC(C)(C)C.CO.COC(=O)c1cnc(NNC(=O)OC(C)(C)C)c([N+](=O)[O-])c1. The first-order chi connectivity index (χ1) is 13.1. The summed E-state index contributed by atoms with van der Waals surface area (Å²) in [5, 5.41) is 18.0. The number of nitrogens with one attached hydrogen (secondary N) is 2. The summed E-state index contributed by atoms with van der Waals surface area (Å²) in [6.07, 6.45) is 0.249. The minimum atomic E-state index is -0.833. The van der Waals surface area contributed by atoms with E-state index in [1.54, 1.807) is 20.8 Å². The number of carbonyl (C=O) groups excluding carboxylic acids is 2. The fourth-order valence-electron chi connectivity index (χ4n) is 1.33. The number of hydrazine groups is 1. The summed E-state index contributed by atoms with van der Waals surface area (Å²) >= 11 is 0. The molecule has 0 aliphatic heterocycles. The molecule has 0 aromatic carbocycles. The number of esters is 1. The number of aliphatic hydroxyl groups excluding tert-OH is 1. The number of carbonyl (C=O) groups is 2. The normalized spacial score (nSPS) is 10.3. The van der Waals surface area contributed by atoms with E-state index in [0.29, 0.717) is 5.41 Å². The molecule has 1 aromatic rings. The highest BCUT2D eigenvalue weighted by Gasteiger charge is 2.21. The number of hydrogen-bond acceptors (Lipinski definition) is 9. The highest BCUT2D eigenvalue weighted by atomic mass is 16.6. The maximum absolute atomic E-state index is 11.5. The lowest BCUT2D eigenvalue weighted by Gasteiger charge is -2.19. The predicted octanol–water partition coefficient (Wildman–Crippen LogP) is 3.29. The van der Waals surface area contributed by atoms with Gasteiger partial charge in [0.25, 0.3) is 0 Å². The van der Waals surface area contributed by atoms with Crippen molar-refractivity contribution in [2.75, 3.05) is 19.6 Å². The Morgan fingerprint density at radius 3 is 2.00 bits per heavy atom. The lowest BCUT2D eigenvalue weighted by molar-refractivity contribution is -0.384. The lowest BCUT2D eigenvalue weighted by Crippen LogP contribution is -2.36. The molecule has 0 radical (unpaired) electrons. The molecule has 0 aliphatic rings. The fourth-order valence-corrected chi connectivity index (χ4v) is 1.33. The third-order valence-electron chi connectivity index (χ3n) is 2.17. The summed E-state index contributed by atoms with van der Waals surface area (Å²) in [5.41, 5.74) is 3.58. The van der Waals surface area contributed by atoms with Gasteiger partial charge in [0.15, 0.2) is 0 Å². The Kier molecular flexibility index (Phi) is 12.2. The number of aliphatic hydroxyl groups is 1. The number of pyridine rings is 1. The van der Waals surface area contributed by atoms with Gasteiger partial charge in [-0.2, -0.15) is 0 Å². The molecule has 0 aliphatic carbocycles. The number of nitrogens with zero attached hydrogens (tertiary/aromatic N) is 2. The molecule has 0 saturated carbocycles. The molecular formula is C18H32N4O7. The lowest BCUT2D eigenvalue weighted by atomic mass is 10.0. The van der Waals surface area contributed by atoms with Crippen molar-refractivity contribution >= 4 is 23.6 Å². The van der Waals surface area contributed by atoms with E-state index in [2.05, 4.69) is 48.3 Å². The second-order valence-corrected chi connectivity index (χ2v) is 8.09. The molecule has 0 bridgehead atoms. The zero-order valence-corrected chi connectivity index (χ0v) is 18.4. The summed E-state index contributed by atoms with van der Waals surface area (Å²) in [6, 6.07) is 0.984. The number of rotatable bonds is 4. The van der Waals surface area contributed by atoms with Crippen LogP contribution >= 0.6 is 0 Å². The number of methoxy groups -OCH3 is 1. The topological polar surface area (TPSA) is 153 Å². The first-order valence-electron chi connectivity index (χ1n) is 8.56. The molecule has 0 fully saturated rings. The summed E-state index contributed by atoms with van der Waals surface area (Å²) < 4.78 is 9.41. The van der Waals surface area contributed by atoms with Gasteiger partial charge in [-0.3, -0.25) is 15.5 Å². The number of anilines is 1. The average molecular weight is 416 g/mol. The predicted molar refractivity (Wildman–Crippen MR) is 108 cm³/mol. The van der Waals surface area contributed by atoms with E-state index in [9.17, 15) is 19.7 Å². The van der Waals surface area contributed by atoms with E-state index in [4.69, 9.17) is 9.84 Å². The van der Waals surface area contributed by atoms with Crippen molar-refractivity contribution in [2.24, 2.45) is 5.41 Å². The molecular weight excluding hydrogens is 384 g/mol. The van der Waals surface area contributed by atoms with Crippen LogP contribution in [0.25, 0.3) is 0 Å². The van der Waals surface area contributed by atoms with Gasteiger partial charge in [0, 0.05) is 19.4 Å². The van der Waals surface area contributed by atoms with E-state index >= 15 is 0 Å². The molecule has 29 heavy (non-hydrogen) atoms. The monoisotopic (exact) mass is 416 g/mol. The Morgan fingerprint density at radius 2 is 1.62 bits per heavy atom. The minimum Gasteiger partial charge on any atom is -0.465 e. The molecule has 0 atom stereocenters. The quantitative estimate of drug-likeness (QED) is 0.381. The molecule has 11 nitrogen and oxygen atoms in total. The number of aromatic nitrogens is 1. The Morgan fingerprint density at radius 1 is 1.14 bits per heavy atom. The summed E-state index contributed by atoms with van der Waals surface area (Å²) in [4.78, 5) is 36.7. The molecule has 11 heteroatoms. The van der Waals surface area contributed by atoms with Gasteiger partial charge in [-0.05, 0) is 26.2 Å². The molecule has 0 spiro atoms. The van der Waals surface area contributed by atoms with Crippen molar-refractivity contribution in [2.45, 2.75) is 54.1 Å². The van der Waals surface area contributed by atoms with Gasteiger partial charge in [0.2, 0.25) is 5.82 Å². The van der Waals surface area contributed by atoms with Crippen LogP contribution in [0.1, 0.15) is 58.8 Å². The molecule has 0 unspecified atom stereocenters. The van der Waals surface area contributed by atoms with Crippen LogP contribution in [0.4, 0.5) is 16.3 Å². The fraction of sp³-hybridized carbons (Fsp3) is 0.611. The van der Waals surface area contributed by atoms with Crippen LogP contribution in [0.3, 0.4) is 0 Å². The van der Waals surface area contributed by atoms with Gasteiger partial charge in [0.05, 0.1) is 17.6 Å². The van der Waals surface area contributed by atoms with E-state index in [0.717, 1.165) is 26.5 Å². The Labute approximate surface area is 170 Å². The Bertz CT molecular complexity index is 674. The minimum absolute atomic E-state index is 0.0861. The highest BCUT2D eigenvalue weighted by Crippen LogP contribution is 2.22. The van der Waals surface area contributed by atoms with Gasteiger partial charge < -0.3 is 14.6 Å². The van der Waals surface area contributed by atoms with Crippen molar-refractivity contribution < 1.29 is 29.1 Å². The Hall–Kier alpha value is -2.95. The highest BCUT2D eigenvalue weighted by molar-refractivity contribution is 5.90. The zero-order valence-electron chi connectivity index (χ0n) is 18.4. The summed E-state index contributed by atoms with van der Waals surface area (Å²) in [7, 11) is 2.14. The third-order valence-corrected chi connectivity index (χ3v) is 2.17. The number of nitro groups is 1. The zero-order chi connectivity index (χ0) is 23.4. The van der Waals surface area contributed by atoms with Crippen molar-refractivity contribution in [3.63, 3.8) is 0 Å². The van der Waals surface area contributed by atoms with Gasteiger partial charge in [0.1, 0.15) is 5.60 Å². The van der Waals surface area contributed by atoms with Crippen molar-refractivity contribution in [1.82, 2.24) is 10.4 Å². The van der Waals surface area contributed by atoms with Crippen LogP contribution in [0.2, 0.25) is 0 Å². The number of hydrogen-bond donors (Lipinski definition) is 3. The van der Waals surface area contributed by atoms with Crippen molar-refractivity contribution in [3.05, 3.63) is 27.9 Å². The van der Waals surface area contributed by atoms with Gasteiger partial charge in [-0.25, -0.2) is 20.0 Å². The van der Waals surface area contributed by atoms with E-state index in [-0.39, 0.29) is 11.4 Å². The van der Waals surface area contributed by atoms with Crippen LogP contribution in [-0.4, -0.2) is 46.9 Å². The molecule has 0 saturated heterocycles. The summed E-state index contributed by atoms with van der Waals surface area (Å²) in [5.74, 6) is -1.01. The largest absolute Gasteiger partial charge is 0.465 e. The molecule has 1 aromatic heterocycles. The first kappa shape index (κ1) is 28.3. The van der Waals surface area contributed by atoms with Crippen molar-refractivity contribution in [1.29, 1.82) is 0 Å². The molecule has 3 N–H and O–H groups in total. The van der Waals surface area contributed by atoms with Crippen LogP contribution in [-0.2, 0) is 9.47 Å². The second kappa shape index (κ2) is 12.5. The maximum Gasteiger partial charge on any atom is 0.426 e. The molecule has 1 rings (SSSR count). The van der Waals surface area contributed by atoms with E-state index < -0.39 is 28.3 Å². The van der Waals surface area contributed by atoms with Crippen LogP contribution in [0, 0.1) is 15.5 Å². The van der Waals surface area contributed by atoms with E-state index in [1.165, 1.54) is 0 Å². The second-order valence-electron chi connectivity index (χ2n) is 8.09. The van der Waals surface area contributed by atoms with Gasteiger partial charge >= 0.3 is 17.7 Å². The average Bonchev–Trinajstić information content (AvgIpc) is 2.57. The van der Waals surface area contributed by atoms with E-state index in [1.807, 2.05) is 0 Å². The van der Waals surface area contributed by atoms with Crippen LogP contribution in [0.15, 0.2) is 12.3 Å². The third kappa shape index (κ3) is 14.7. The van der Waals surface area contributed by atoms with Crippen LogP contribution < -0.4 is 10.9 Å². The van der Waals surface area contributed by atoms with Gasteiger partial charge in [-0.1, -0.05) is 27.7 Å². The molecule has 1 amide bonds. The van der Waals surface area contributed by atoms with Crippen molar-refractivity contribution in [3.8, 4) is 0 Å². The van der Waals surface area contributed by atoms with Gasteiger partial charge in [-0.15, -0.1) is 0 Å². The Balaban J connectivity index is 0. The van der Waals surface area contributed by atoms with Crippen LogP contribution in [0.5, 0.6) is 0 Å². The smallest absolute Gasteiger partial charge is 0.426 e. The first-order valence-corrected chi connectivity index (χ1v) is 8.56. The standard InChI is InChI=1S/C12H16N4O6.C5H12.CH4O/c1-12(2,3)22-11(18)15-14-9-8(16(19)20)5-7(6-13-9)10(17)21-4;1-5(2,3)4;1-2/h5-6H,1-4H3,(H,13,14)(H,15,18);1-4H3;2H,1H3. The number of amides is 1.